The standard InChI is InChI=1S/C15H22OS/c16-14(5-6-15-2-1-7-17-15)10-13-9-11-3-4-12(13)8-11/h1-2,7,11-14,16H,3-6,8-10H2. The molecule has 2 bridgehead atoms. The van der Waals surface area contributed by atoms with Crippen molar-refractivity contribution in [3.05, 3.63) is 22.4 Å². The van der Waals surface area contributed by atoms with Crippen LogP contribution in [0.25, 0.3) is 0 Å². The molecule has 1 heterocycles. The monoisotopic (exact) mass is 250 g/mol. The Balaban J connectivity index is 1.43. The Hall–Kier alpha value is -0.340. The first-order chi connectivity index (χ1) is 8.31. The van der Waals surface area contributed by atoms with Crippen molar-refractivity contribution >= 4 is 11.3 Å². The van der Waals surface area contributed by atoms with Crippen molar-refractivity contribution in [3.63, 3.8) is 0 Å². The van der Waals surface area contributed by atoms with Crippen molar-refractivity contribution in [2.75, 3.05) is 0 Å². The van der Waals surface area contributed by atoms with Gasteiger partial charge in [-0.2, -0.15) is 0 Å². The smallest absolute Gasteiger partial charge is 0.0546 e. The van der Waals surface area contributed by atoms with Gasteiger partial charge in [0, 0.05) is 4.88 Å². The Morgan fingerprint density at radius 2 is 2.29 bits per heavy atom. The topological polar surface area (TPSA) is 20.2 Å². The normalized spacial score (nSPS) is 33.1. The summed E-state index contributed by atoms with van der Waals surface area (Å²) in [5.74, 6) is 2.80. The first kappa shape index (κ1) is 11.7. The van der Waals surface area contributed by atoms with Gasteiger partial charge in [0.05, 0.1) is 6.10 Å². The summed E-state index contributed by atoms with van der Waals surface area (Å²) < 4.78 is 0. The average molecular weight is 250 g/mol. The molecule has 1 aromatic heterocycles. The summed E-state index contributed by atoms with van der Waals surface area (Å²) in [5, 5.41) is 12.3. The number of hydrogen-bond acceptors (Lipinski definition) is 2. The predicted octanol–water partition coefficient (Wildman–Crippen LogP) is 3.87. The highest BCUT2D eigenvalue weighted by Gasteiger charge is 2.39. The minimum Gasteiger partial charge on any atom is -0.393 e. The molecule has 0 aliphatic heterocycles. The maximum atomic E-state index is 10.1. The summed E-state index contributed by atoms with van der Waals surface area (Å²) in [4.78, 5) is 1.41. The van der Waals surface area contributed by atoms with E-state index in [4.69, 9.17) is 0 Å². The summed E-state index contributed by atoms with van der Waals surface area (Å²) in [6.07, 6.45) is 8.77. The lowest BCUT2D eigenvalue weighted by atomic mass is 9.84. The van der Waals surface area contributed by atoms with Crippen LogP contribution in [0.4, 0.5) is 0 Å². The number of aryl methyl sites for hydroxylation is 1. The molecule has 94 valence electrons. The van der Waals surface area contributed by atoms with Crippen molar-refractivity contribution in [2.24, 2.45) is 17.8 Å². The van der Waals surface area contributed by atoms with Crippen molar-refractivity contribution in [1.82, 2.24) is 0 Å². The molecule has 2 fully saturated rings. The zero-order chi connectivity index (χ0) is 11.7. The maximum absolute atomic E-state index is 10.1. The molecule has 2 saturated carbocycles. The van der Waals surface area contributed by atoms with Crippen LogP contribution in [-0.2, 0) is 6.42 Å². The van der Waals surface area contributed by atoms with Gasteiger partial charge in [0.15, 0.2) is 0 Å². The molecule has 1 nitrogen and oxygen atoms in total. The maximum Gasteiger partial charge on any atom is 0.0546 e. The van der Waals surface area contributed by atoms with Gasteiger partial charge in [0.25, 0.3) is 0 Å². The minimum atomic E-state index is -0.0681. The van der Waals surface area contributed by atoms with Crippen LogP contribution in [0.1, 0.15) is 43.4 Å². The van der Waals surface area contributed by atoms with Gasteiger partial charge in [-0.3, -0.25) is 0 Å². The molecule has 0 saturated heterocycles. The summed E-state index contributed by atoms with van der Waals surface area (Å²) >= 11 is 1.81. The van der Waals surface area contributed by atoms with Crippen LogP contribution in [0.5, 0.6) is 0 Å². The fourth-order valence-electron chi connectivity index (χ4n) is 3.90. The Kier molecular flexibility index (Phi) is 3.53. The van der Waals surface area contributed by atoms with Gasteiger partial charge in [-0.15, -0.1) is 11.3 Å². The SMILES string of the molecule is OC(CCc1cccs1)CC1CC2CCC1C2. The Labute approximate surface area is 108 Å². The number of thiophene rings is 1. The van der Waals surface area contributed by atoms with Crippen molar-refractivity contribution in [2.45, 2.75) is 51.0 Å². The molecule has 2 aliphatic carbocycles. The first-order valence-electron chi connectivity index (χ1n) is 7.01. The van der Waals surface area contributed by atoms with Gasteiger partial charge in [-0.05, 0) is 67.7 Å². The van der Waals surface area contributed by atoms with E-state index in [0.29, 0.717) is 0 Å². The second-order valence-electron chi connectivity index (χ2n) is 5.94. The van der Waals surface area contributed by atoms with E-state index in [1.807, 2.05) is 11.3 Å². The third-order valence-electron chi connectivity index (χ3n) is 4.76. The van der Waals surface area contributed by atoms with Gasteiger partial charge in [0.1, 0.15) is 0 Å². The fraction of sp³-hybridized carbons (Fsp3) is 0.733. The number of fused-ring (bicyclic) bond motifs is 2. The van der Waals surface area contributed by atoms with Crippen LogP contribution in [0, 0.1) is 17.8 Å². The van der Waals surface area contributed by atoms with E-state index < -0.39 is 0 Å². The zero-order valence-electron chi connectivity index (χ0n) is 10.3. The number of hydrogen-bond donors (Lipinski definition) is 1. The van der Waals surface area contributed by atoms with Crippen molar-refractivity contribution in [1.29, 1.82) is 0 Å². The van der Waals surface area contributed by atoms with Gasteiger partial charge >= 0.3 is 0 Å². The van der Waals surface area contributed by atoms with Crippen LogP contribution in [0.15, 0.2) is 17.5 Å². The highest BCUT2D eigenvalue weighted by atomic mass is 32.1. The molecule has 0 aromatic carbocycles. The van der Waals surface area contributed by atoms with Gasteiger partial charge < -0.3 is 5.11 Å². The van der Waals surface area contributed by atoms with Gasteiger partial charge in [0.2, 0.25) is 0 Å². The third kappa shape index (κ3) is 2.74. The molecule has 2 aliphatic rings. The number of aliphatic hydroxyl groups excluding tert-OH is 1. The van der Waals surface area contributed by atoms with Crippen LogP contribution < -0.4 is 0 Å². The molecule has 1 aromatic rings. The molecular formula is C15H22OS. The summed E-state index contributed by atoms with van der Waals surface area (Å²) in [6.45, 7) is 0. The molecule has 0 radical (unpaired) electrons. The third-order valence-corrected chi connectivity index (χ3v) is 5.70. The summed E-state index contributed by atoms with van der Waals surface area (Å²) in [7, 11) is 0. The van der Waals surface area contributed by atoms with Crippen LogP contribution in [0.3, 0.4) is 0 Å². The fourth-order valence-corrected chi connectivity index (χ4v) is 4.62. The van der Waals surface area contributed by atoms with E-state index in [2.05, 4.69) is 17.5 Å². The lowest BCUT2D eigenvalue weighted by Gasteiger charge is -2.24. The van der Waals surface area contributed by atoms with Crippen LogP contribution in [0.2, 0.25) is 0 Å². The average Bonchev–Trinajstić information content (AvgIpc) is 3.03. The van der Waals surface area contributed by atoms with Crippen molar-refractivity contribution in [3.8, 4) is 0 Å². The molecule has 17 heavy (non-hydrogen) atoms. The number of aliphatic hydroxyl groups is 1. The Morgan fingerprint density at radius 1 is 1.35 bits per heavy atom. The molecule has 4 atom stereocenters. The van der Waals surface area contributed by atoms with E-state index >= 15 is 0 Å². The lowest BCUT2D eigenvalue weighted by Crippen LogP contribution is -2.18. The summed E-state index contributed by atoms with van der Waals surface area (Å²) in [5.41, 5.74) is 0. The molecule has 3 rings (SSSR count). The molecule has 0 amide bonds. The van der Waals surface area contributed by atoms with Gasteiger partial charge in [-0.1, -0.05) is 12.5 Å². The Bertz CT molecular complexity index is 346. The second-order valence-corrected chi connectivity index (χ2v) is 6.97. The largest absolute Gasteiger partial charge is 0.393 e. The molecule has 1 N–H and O–H groups in total. The van der Waals surface area contributed by atoms with Crippen LogP contribution in [-0.4, -0.2) is 11.2 Å². The second kappa shape index (κ2) is 5.11. The molecule has 4 unspecified atom stereocenters. The molecule has 2 heteroatoms. The van der Waals surface area contributed by atoms with Crippen LogP contribution >= 0.6 is 11.3 Å². The summed E-state index contributed by atoms with van der Waals surface area (Å²) in [6, 6.07) is 4.28. The molecular weight excluding hydrogens is 228 g/mol. The first-order valence-corrected chi connectivity index (χ1v) is 7.89. The van der Waals surface area contributed by atoms with E-state index in [1.165, 1.54) is 30.6 Å². The Morgan fingerprint density at radius 3 is 2.94 bits per heavy atom. The van der Waals surface area contributed by atoms with Gasteiger partial charge in [-0.25, -0.2) is 0 Å². The van der Waals surface area contributed by atoms with E-state index in [-0.39, 0.29) is 6.10 Å². The van der Waals surface area contributed by atoms with E-state index in [0.717, 1.165) is 37.0 Å². The van der Waals surface area contributed by atoms with E-state index in [9.17, 15) is 5.11 Å². The van der Waals surface area contributed by atoms with Crippen molar-refractivity contribution < 1.29 is 5.11 Å². The highest BCUT2D eigenvalue weighted by molar-refractivity contribution is 7.09. The lowest BCUT2D eigenvalue weighted by molar-refractivity contribution is 0.117. The highest BCUT2D eigenvalue weighted by Crippen LogP contribution is 2.50. The zero-order valence-corrected chi connectivity index (χ0v) is 11.2. The predicted molar refractivity (Wildman–Crippen MR) is 72.2 cm³/mol. The van der Waals surface area contributed by atoms with E-state index in [1.54, 1.807) is 0 Å². The quantitative estimate of drug-likeness (QED) is 0.841. The number of rotatable bonds is 5. The minimum absolute atomic E-state index is 0.0681. The molecule has 0 spiro atoms.